The lowest BCUT2D eigenvalue weighted by Gasteiger charge is -2.32. The average Bonchev–Trinajstić information content (AvgIpc) is 3.20. The summed E-state index contributed by atoms with van der Waals surface area (Å²) in [6, 6.07) is 14.1. The molecule has 7 nitrogen and oxygen atoms in total. The van der Waals surface area contributed by atoms with Gasteiger partial charge in [-0.1, -0.05) is 28.9 Å². The van der Waals surface area contributed by atoms with E-state index >= 15 is 0 Å². The van der Waals surface area contributed by atoms with Crippen LogP contribution in [0.15, 0.2) is 53.1 Å². The zero-order chi connectivity index (χ0) is 21.1. The molecule has 30 heavy (non-hydrogen) atoms. The van der Waals surface area contributed by atoms with Gasteiger partial charge in [-0.15, -0.1) is 0 Å². The van der Waals surface area contributed by atoms with Gasteiger partial charge in [0, 0.05) is 36.2 Å². The number of carbonyl (C=O) groups excluding carboxylic acids is 2. The molecule has 1 aromatic heterocycles. The van der Waals surface area contributed by atoms with Crippen LogP contribution in [0, 0.1) is 12.8 Å². The molecular weight excluding hydrogens is 404 g/mol. The maximum atomic E-state index is 13.0. The fourth-order valence-corrected chi connectivity index (χ4v) is 3.71. The summed E-state index contributed by atoms with van der Waals surface area (Å²) in [6.45, 7) is 2.72. The summed E-state index contributed by atoms with van der Waals surface area (Å²) in [7, 11) is 0. The van der Waals surface area contributed by atoms with E-state index in [9.17, 15) is 9.59 Å². The Morgan fingerprint density at radius 3 is 2.67 bits per heavy atom. The van der Waals surface area contributed by atoms with Crippen LogP contribution < -0.4 is 5.32 Å². The van der Waals surface area contributed by atoms with Gasteiger partial charge in [0.05, 0.1) is 11.6 Å². The first-order chi connectivity index (χ1) is 14.5. The van der Waals surface area contributed by atoms with Gasteiger partial charge in [0.15, 0.2) is 0 Å². The van der Waals surface area contributed by atoms with Crippen LogP contribution in [0.2, 0.25) is 5.02 Å². The van der Waals surface area contributed by atoms with E-state index in [0.29, 0.717) is 46.6 Å². The highest BCUT2D eigenvalue weighted by Gasteiger charge is 2.29. The van der Waals surface area contributed by atoms with Gasteiger partial charge in [-0.2, -0.15) is 4.98 Å². The van der Waals surface area contributed by atoms with Crippen LogP contribution in [0.1, 0.15) is 29.1 Å². The number of anilines is 1. The minimum absolute atomic E-state index is 0.0909. The molecule has 3 aromatic rings. The molecule has 0 spiro atoms. The van der Waals surface area contributed by atoms with E-state index < -0.39 is 0 Å². The molecule has 0 aliphatic carbocycles. The largest absolute Gasteiger partial charge is 0.339 e. The lowest BCUT2D eigenvalue weighted by Crippen LogP contribution is -2.43. The molecule has 2 amide bonds. The van der Waals surface area contributed by atoms with E-state index in [1.807, 2.05) is 18.2 Å². The summed E-state index contributed by atoms with van der Waals surface area (Å²) >= 11 is 5.91. The van der Waals surface area contributed by atoms with Crippen molar-refractivity contribution in [1.29, 1.82) is 0 Å². The third kappa shape index (κ3) is 4.36. The number of aromatic nitrogens is 2. The van der Waals surface area contributed by atoms with Crippen LogP contribution in [0.4, 0.5) is 5.69 Å². The second-order valence-electron chi connectivity index (χ2n) is 7.27. The van der Waals surface area contributed by atoms with Crippen molar-refractivity contribution in [3.8, 4) is 11.4 Å². The van der Waals surface area contributed by atoms with E-state index in [0.717, 1.165) is 12.8 Å². The van der Waals surface area contributed by atoms with Crippen LogP contribution >= 0.6 is 11.6 Å². The lowest BCUT2D eigenvalue weighted by molar-refractivity contribution is -0.121. The first kappa shape index (κ1) is 20.1. The van der Waals surface area contributed by atoms with Crippen LogP contribution in [0.5, 0.6) is 0 Å². The molecule has 1 N–H and O–H groups in total. The SMILES string of the molecule is Cc1nc(-c2ccccc2NC(=O)C2CCCN(C(=O)c3ccc(Cl)cc3)C2)no1. The quantitative estimate of drug-likeness (QED) is 0.678. The topological polar surface area (TPSA) is 88.3 Å². The van der Waals surface area contributed by atoms with E-state index in [-0.39, 0.29) is 17.7 Å². The number of nitrogens with one attached hydrogen (secondary N) is 1. The summed E-state index contributed by atoms with van der Waals surface area (Å²) < 4.78 is 5.06. The second-order valence-corrected chi connectivity index (χ2v) is 7.71. The Balaban J connectivity index is 1.47. The van der Waals surface area contributed by atoms with Crippen molar-refractivity contribution in [2.75, 3.05) is 18.4 Å². The molecular formula is C22H21ClN4O3. The van der Waals surface area contributed by atoms with Crippen LogP contribution in [-0.2, 0) is 4.79 Å². The number of hydrogen-bond donors (Lipinski definition) is 1. The molecule has 1 atom stereocenters. The van der Waals surface area contributed by atoms with Crippen molar-refractivity contribution in [1.82, 2.24) is 15.0 Å². The third-order valence-corrected chi connectivity index (χ3v) is 5.38. The maximum Gasteiger partial charge on any atom is 0.253 e. The summed E-state index contributed by atoms with van der Waals surface area (Å²) in [5, 5.41) is 7.50. The number of nitrogens with zero attached hydrogens (tertiary/aromatic N) is 3. The molecule has 8 heteroatoms. The molecule has 2 heterocycles. The lowest BCUT2D eigenvalue weighted by atomic mass is 9.96. The Kier molecular flexibility index (Phi) is 5.81. The van der Waals surface area contributed by atoms with Gasteiger partial charge in [-0.25, -0.2) is 0 Å². The van der Waals surface area contributed by atoms with Gasteiger partial charge in [0.25, 0.3) is 5.91 Å². The van der Waals surface area contributed by atoms with Crippen molar-refractivity contribution >= 4 is 29.1 Å². The highest BCUT2D eigenvalue weighted by atomic mass is 35.5. The Labute approximate surface area is 179 Å². The summed E-state index contributed by atoms with van der Waals surface area (Å²) in [5.74, 6) is 0.361. The molecule has 0 radical (unpaired) electrons. The molecule has 1 saturated heterocycles. The minimum atomic E-state index is -0.296. The predicted molar refractivity (Wildman–Crippen MR) is 113 cm³/mol. The van der Waals surface area contributed by atoms with Gasteiger partial charge in [0.2, 0.25) is 17.6 Å². The van der Waals surface area contributed by atoms with Gasteiger partial charge >= 0.3 is 0 Å². The van der Waals surface area contributed by atoms with Gasteiger partial charge in [-0.3, -0.25) is 9.59 Å². The molecule has 1 unspecified atom stereocenters. The Hall–Kier alpha value is -3.19. The molecule has 0 bridgehead atoms. The summed E-state index contributed by atoms with van der Waals surface area (Å²) in [5.41, 5.74) is 1.87. The van der Waals surface area contributed by atoms with Crippen molar-refractivity contribution in [3.63, 3.8) is 0 Å². The van der Waals surface area contributed by atoms with Crippen LogP contribution in [0.25, 0.3) is 11.4 Å². The van der Waals surface area contributed by atoms with Crippen molar-refractivity contribution in [2.24, 2.45) is 5.92 Å². The highest BCUT2D eigenvalue weighted by Crippen LogP contribution is 2.27. The van der Waals surface area contributed by atoms with Crippen LogP contribution in [-0.4, -0.2) is 39.9 Å². The van der Waals surface area contributed by atoms with Gasteiger partial charge in [-0.05, 0) is 49.2 Å². The number of piperidine rings is 1. The monoisotopic (exact) mass is 424 g/mol. The summed E-state index contributed by atoms with van der Waals surface area (Å²) in [6.07, 6.45) is 1.49. The Morgan fingerprint density at radius 1 is 1.17 bits per heavy atom. The first-order valence-corrected chi connectivity index (χ1v) is 10.1. The van der Waals surface area contributed by atoms with Crippen molar-refractivity contribution in [3.05, 3.63) is 65.0 Å². The van der Waals surface area contributed by atoms with Crippen LogP contribution in [0.3, 0.4) is 0 Å². The number of benzene rings is 2. The third-order valence-electron chi connectivity index (χ3n) is 5.12. The van der Waals surface area contributed by atoms with Crippen molar-refractivity contribution in [2.45, 2.75) is 19.8 Å². The molecule has 1 aliphatic heterocycles. The molecule has 1 fully saturated rings. The normalized spacial score (nSPS) is 16.3. The number of carbonyl (C=O) groups is 2. The number of likely N-dealkylation sites (tertiary alicyclic amines) is 1. The number of rotatable bonds is 4. The molecule has 2 aromatic carbocycles. The van der Waals surface area contributed by atoms with E-state index in [4.69, 9.17) is 16.1 Å². The van der Waals surface area contributed by atoms with E-state index in [1.54, 1.807) is 42.2 Å². The Morgan fingerprint density at radius 2 is 1.93 bits per heavy atom. The zero-order valence-electron chi connectivity index (χ0n) is 16.5. The number of para-hydroxylation sites is 1. The smallest absolute Gasteiger partial charge is 0.253 e. The number of hydrogen-bond acceptors (Lipinski definition) is 5. The number of aryl methyl sites for hydroxylation is 1. The van der Waals surface area contributed by atoms with Crippen molar-refractivity contribution < 1.29 is 14.1 Å². The van der Waals surface area contributed by atoms with Gasteiger partial charge < -0.3 is 14.7 Å². The standard InChI is InChI=1S/C22H21ClN4O3/c1-14-24-20(26-30-14)18-6-2-3-7-19(18)25-21(28)16-5-4-12-27(13-16)22(29)15-8-10-17(23)11-9-15/h2-3,6-11,16H,4-5,12-13H2,1H3,(H,25,28). The molecule has 1 aliphatic rings. The average molecular weight is 425 g/mol. The van der Waals surface area contributed by atoms with Gasteiger partial charge in [0.1, 0.15) is 0 Å². The Bertz CT molecular complexity index is 1060. The zero-order valence-corrected chi connectivity index (χ0v) is 17.2. The molecule has 0 saturated carbocycles. The second kappa shape index (κ2) is 8.67. The minimum Gasteiger partial charge on any atom is -0.339 e. The summed E-state index contributed by atoms with van der Waals surface area (Å²) in [4.78, 5) is 31.8. The van der Waals surface area contributed by atoms with E-state index in [1.165, 1.54) is 0 Å². The fourth-order valence-electron chi connectivity index (χ4n) is 3.58. The number of amides is 2. The number of halogens is 1. The molecule has 4 rings (SSSR count). The van der Waals surface area contributed by atoms with E-state index in [2.05, 4.69) is 15.5 Å². The predicted octanol–water partition coefficient (Wildman–Crippen LogP) is 4.19. The molecule has 154 valence electrons. The fraction of sp³-hybridized carbons (Fsp3) is 0.273. The first-order valence-electron chi connectivity index (χ1n) is 9.76. The maximum absolute atomic E-state index is 13.0. The highest BCUT2D eigenvalue weighted by molar-refractivity contribution is 6.30.